The van der Waals surface area contributed by atoms with Crippen molar-refractivity contribution in [2.75, 3.05) is 6.61 Å². The molecule has 0 unspecified atom stereocenters. The van der Waals surface area contributed by atoms with Gasteiger partial charge >= 0.3 is 26.2 Å². The Hall–Kier alpha value is -0.398. The van der Waals surface area contributed by atoms with Gasteiger partial charge in [-0.1, -0.05) is 12.1 Å². The minimum absolute atomic E-state index is 0. The van der Waals surface area contributed by atoms with Crippen LogP contribution < -0.4 is 28.5 Å². The first kappa shape index (κ1) is 14.6. The molecule has 0 atom stereocenters. The van der Waals surface area contributed by atoms with E-state index in [-0.39, 0.29) is 18.9 Å². The summed E-state index contributed by atoms with van der Waals surface area (Å²) in [4.78, 5) is 0. The Morgan fingerprint density at radius 1 is 1.33 bits per heavy atom. The zero-order valence-corrected chi connectivity index (χ0v) is 9.74. The second-order valence-corrected chi connectivity index (χ2v) is 3.06. The second-order valence-electron chi connectivity index (χ2n) is 3.06. The molecule has 0 radical (unpaired) electrons. The monoisotopic (exact) mass is 200 g/mol. The molecule has 76 valence electrons. The summed E-state index contributed by atoms with van der Waals surface area (Å²) in [5, 5.41) is 11.1. The van der Waals surface area contributed by atoms with Crippen LogP contribution in [0.1, 0.15) is 18.1 Å². The molecule has 1 aromatic carbocycles. The molecule has 0 spiro atoms. The average Bonchev–Trinajstić information content (AvgIpc) is 2.13. The Morgan fingerprint density at radius 3 is 2.60 bits per heavy atom. The molecular weight excluding hydrogens is 186 g/mol. The standard InChI is InChI=1S/C10H14BO3.Li/c1-4-13-11(12)14-10-7-5-6-8(2)9(10)3;/h5-7H,4H2,1-3H3;/q-1;+1. The predicted octanol–water partition coefficient (Wildman–Crippen LogP) is -1.93. The summed E-state index contributed by atoms with van der Waals surface area (Å²) >= 11 is 0. The van der Waals surface area contributed by atoms with Crippen molar-refractivity contribution in [2.24, 2.45) is 0 Å². The van der Waals surface area contributed by atoms with E-state index in [1.165, 1.54) is 0 Å². The van der Waals surface area contributed by atoms with E-state index in [4.69, 9.17) is 9.31 Å². The number of rotatable bonds is 4. The molecule has 0 aliphatic rings. The van der Waals surface area contributed by atoms with Gasteiger partial charge in [0, 0.05) is 6.61 Å². The van der Waals surface area contributed by atoms with E-state index in [0.717, 1.165) is 11.1 Å². The molecule has 0 saturated carbocycles. The Balaban J connectivity index is 0.00000196. The van der Waals surface area contributed by atoms with Crippen LogP contribution in [0.2, 0.25) is 0 Å². The van der Waals surface area contributed by atoms with Crippen LogP contribution in [0.4, 0.5) is 0 Å². The average molecular weight is 200 g/mol. The van der Waals surface area contributed by atoms with Crippen LogP contribution in [0, 0.1) is 13.8 Å². The smallest absolute Gasteiger partial charge is 0.820 e. The first-order chi connectivity index (χ1) is 6.65. The molecule has 3 nitrogen and oxygen atoms in total. The molecule has 0 aliphatic heterocycles. The van der Waals surface area contributed by atoms with E-state index >= 15 is 0 Å². The molecule has 1 aromatic rings. The van der Waals surface area contributed by atoms with E-state index in [9.17, 15) is 5.02 Å². The molecule has 1 rings (SSSR count). The first-order valence-corrected chi connectivity index (χ1v) is 4.65. The predicted molar refractivity (Wildman–Crippen MR) is 53.9 cm³/mol. The van der Waals surface area contributed by atoms with E-state index < -0.39 is 7.32 Å². The maximum atomic E-state index is 11.1. The molecule has 15 heavy (non-hydrogen) atoms. The van der Waals surface area contributed by atoms with Crippen LogP contribution in [0.3, 0.4) is 0 Å². The van der Waals surface area contributed by atoms with Gasteiger partial charge in [0.25, 0.3) is 0 Å². The minimum Gasteiger partial charge on any atom is -0.820 e. The third-order valence-electron chi connectivity index (χ3n) is 2.08. The summed E-state index contributed by atoms with van der Waals surface area (Å²) in [7, 11) is -1.43. The van der Waals surface area contributed by atoms with Crippen LogP contribution in [-0.4, -0.2) is 13.9 Å². The first-order valence-electron chi connectivity index (χ1n) is 4.65. The Bertz CT molecular complexity index is 307. The second kappa shape index (κ2) is 6.97. The molecule has 0 aliphatic carbocycles. The topological polar surface area (TPSA) is 41.5 Å². The van der Waals surface area contributed by atoms with Crippen LogP contribution in [0.5, 0.6) is 5.75 Å². The fourth-order valence-electron chi connectivity index (χ4n) is 1.13. The van der Waals surface area contributed by atoms with Crippen molar-refractivity contribution in [3.63, 3.8) is 0 Å². The maximum Gasteiger partial charge on any atom is 1.00 e. The summed E-state index contributed by atoms with van der Waals surface area (Å²) < 4.78 is 9.85. The fraction of sp³-hybridized carbons (Fsp3) is 0.400. The van der Waals surface area contributed by atoms with Gasteiger partial charge in [0.2, 0.25) is 0 Å². The molecule has 0 saturated heterocycles. The molecule has 0 bridgehead atoms. The van der Waals surface area contributed by atoms with Crippen molar-refractivity contribution >= 4 is 7.32 Å². The Labute approximate surface area is 103 Å². The number of benzene rings is 1. The summed E-state index contributed by atoms with van der Waals surface area (Å²) in [6.07, 6.45) is 0. The molecule has 5 heteroatoms. The van der Waals surface area contributed by atoms with Gasteiger partial charge in [0.15, 0.2) is 0 Å². The van der Waals surface area contributed by atoms with Crippen molar-refractivity contribution in [2.45, 2.75) is 20.8 Å². The summed E-state index contributed by atoms with van der Waals surface area (Å²) in [6, 6.07) is 5.60. The minimum atomic E-state index is -1.43. The molecule has 0 heterocycles. The van der Waals surface area contributed by atoms with Gasteiger partial charge in [-0.3, -0.25) is 0 Å². The van der Waals surface area contributed by atoms with Crippen molar-refractivity contribution in [3.8, 4) is 5.75 Å². The molecule has 0 fully saturated rings. The third kappa shape index (κ3) is 4.31. The Kier molecular flexibility index (Phi) is 6.79. The van der Waals surface area contributed by atoms with E-state index in [2.05, 4.69) is 0 Å². The molecule has 0 amide bonds. The summed E-state index contributed by atoms with van der Waals surface area (Å²) in [5.41, 5.74) is 2.08. The fourth-order valence-corrected chi connectivity index (χ4v) is 1.13. The van der Waals surface area contributed by atoms with Crippen LogP contribution in [0.25, 0.3) is 0 Å². The molecule has 0 aromatic heterocycles. The van der Waals surface area contributed by atoms with Crippen molar-refractivity contribution in [1.82, 2.24) is 0 Å². The summed E-state index contributed by atoms with van der Waals surface area (Å²) in [6.45, 7) is 6.02. The van der Waals surface area contributed by atoms with E-state index in [1.807, 2.05) is 26.0 Å². The molecule has 0 N–H and O–H groups in total. The number of aryl methyl sites for hydroxylation is 1. The van der Waals surface area contributed by atoms with Crippen LogP contribution in [-0.2, 0) is 4.65 Å². The molecular formula is C10H14BLiO3. The van der Waals surface area contributed by atoms with Crippen LogP contribution >= 0.6 is 0 Å². The van der Waals surface area contributed by atoms with Gasteiger partial charge in [-0.2, -0.15) is 0 Å². The quantitative estimate of drug-likeness (QED) is 0.531. The normalized spacial score (nSPS) is 9.33. The summed E-state index contributed by atoms with van der Waals surface area (Å²) in [5.74, 6) is 0.596. The maximum absolute atomic E-state index is 11.1. The van der Waals surface area contributed by atoms with E-state index in [0.29, 0.717) is 12.4 Å². The van der Waals surface area contributed by atoms with Gasteiger partial charge in [0.05, 0.1) is 0 Å². The van der Waals surface area contributed by atoms with Crippen LogP contribution in [0.15, 0.2) is 18.2 Å². The Morgan fingerprint density at radius 2 is 2.00 bits per heavy atom. The van der Waals surface area contributed by atoms with Gasteiger partial charge in [0.1, 0.15) is 5.75 Å². The largest absolute Gasteiger partial charge is 1.00 e. The van der Waals surface area contributed by atoms with Gasteiger partial charge in [-0.05, 0) is 38.0 Å². The zero-order valence-electron chi connectivity index (χ0n) is 9.74. The van der Waals surface area contributed by atoms with Crippen molar-refractivity contribution in [3.05, 3.63) is 29.3 Å². The zero-order chi connectivity index (χ0) is 10.6. The van der Waals surface area contributed by atoms with Crippen molar-refractivity contribution < 1.29 is 33.2 Å². The van der Waals surface area contributed by atoms with E-state index in [1.54, 1.807) is 13.0 Å². The van der Waals surface area contributed by atoms with Gasteiger partial charge in [-0.25, -0.2) is 0 Å². The SMILES string of the molecule is CCOB([O-])Oc1cccc(C)c1C.[Li+]. The number of hydrogen-bond acceptors (Lipinski definition) is 3. The van der Waals surface area contributed by atoms with Gasteiger partial charge < -0.3 is 14.3 Å². The third-order valence-corrected chi connectivity index (χ3v) is 2.08. The van der Waals surface area contributed by atoms with Gasteiger partial charge in [-0.15, -0.1) is 0 Å². The number of hydrogen-bond donors (Lipinski definition) is 0. The van der Waals surface area contributed by atoms with Crippen molar-refractivity contribution in [1.29, 1.82) is 0 Å².